The van der Waals surface area contributed by atoms with Gasteiger partial charge in [-0.25, -0.2) is 4.79 Å². The van der Waals surface area contributed by atoms with Crippen LogP contribution in [0.4, 0.5) is 0 Å². The van der Waals surface area contributed by atoms with Crippen LogP contribution >= 0.6 is 11.3 Å². The van der Waals surface area contributed by atoms with Gasteiger partial charge in [0.2, 0.25) is 5.91 Å². The number of hydrogen-bond donors (Lipinski definition) is 1. The van der Waals surface area contributed by atoms with Gasteiger partial charge in [-0.15, -0.1) is 11.3 Å². The van der Waals surface area contributed by atoms with Crippen molar-refractivity contribution >= 4 is 29.1 Å². The van der Waals surface area contributed by atoms with Gasteiger partial charge in [0, 0.05) is 18.0 Å². The zero-order valence-corrected chi connectivity index (χ0v) is 12.6. The lowest BCUT2D eigenvalue weighted by Crippen LogP contribution is -2.45. The summed E-state index contributed by atoms with van der Waals surface area (Å²) in [4.78, 5) is 38.0. The summed E-state index contributed by atoms with van der Waals surface area (Å²) in [6.45, 7) is 2.47. The van der Waals surface area contributed by atoms with Gasteiger partial charge in [-0.3, -0.25) is 9.59 Å². The molecule has 1 aliphatic rings. The highest BCUT2D eigenvalue weighted by Crippen LogP contribution is 2.18. The van der Waals surface area contributed by atoms with Crippen molar-refractivity contribution in [2.75, 3.05) is 19.7 Å². The molecule has 1 atom stereocenters. The Morgan fingerprint density at radius 2 is 2.19 bits per heavy atom. The molecule has 2 N–H and O–H groups in total. The quantitative estimate of drug-likeness (QED) is 0.838. The topological polar surface area (TPSA) is 89.7 Å². The fourth-order valence-electron chi connectivity index (χ4n) is 2.27. The van der Waals surface area contributed by atoms with Gasteiger partial charge < -0.3 is 15.4 Å². The molecular formula is C14H18N2O4S. The zero-order chi connectivity index (χ0) is 15.4. The molecule has 114 valence electrons. The Kier molecular flexibility index (Phi) is 4.95. The minimum atomic E-state index is -0.495. The molecule has 2 heterocycles. The maximum absolute atomic E-state index is 12.0. The standard InChI is InChI=1S/C14H18N2O4S/c1-9-4-5-11(21-9)14(19)20-8-12(17)16-6-2-3-10(7-16)13(15)18/h4-5,10H,2-3,6-8H2,1H3,(H2,15,18)/t10-/m0/s1. The van der Waals surface area contributed by atoms with Crippen LogP contribution in [0.1, 0.15) is 27.4 Å². The monoisotopic (exact) mass is 310 g/mol. The number of esters is 1. The Hall–Kier alpha value is -1.89. The average molecular weight is 310 g/mol. The summed E-state index contributed by atoms with van der Waals surface area (Å²) in [6, 6.07) is 3.50. The van der Waals surface area contributed by atoms with Crippen LogP contribution in [-0.2, 0) is 14.3 Å². The van der Waals surface area contributed by atoms with Gasteiger partial charge in [0.05, 0.1) is 5.92 Å². The molecule has 1 aliphatic heterocycles. The fourth-order valence-corrected chi connectivity index (χ4v) is 3.03. The van der Waals surface area contributed by atoms with Gasteiger partial charge in [-0.1, -0.05) is 0 Å². The molecule has 1 aromatic rings. The van der Waals surface area contributed by atoms with E-state index in [2.05, 4.69) is 0 Å². The molecule has 0 spiro atoms. The van der Waals surface area contributed by atoms with E-state index in [1.54, 1.807) is 6.07 Å². The molecular weight excluding hydrogens is 292 g/mol. The van der Waals surface area contributed by atoms with E-state index >= 15 is 0 Å². The van der Waals surface area contributed by atoms with E-state index in [4.69, 9.17) is 10.5 Å². The number of carbonyl (C=O) groups excluding carboxylic acids is 3. The fraction of sp³-hybridized carbons (Fsp3) is 0.500. The number of ether oxygens (including phenoxy) is 1. The number of thiophene rings is 1. The number of likely N-dealkylation sites (tertiary alicyclic amines) is 1. The molecule has 7 heteroatoms. The first-order valence-corrected chi connectivity index (χ1v) is 7.59. The van der Waals surface area contributed by atoms with Crippen LogP contribution in [-0.4, -0.2) is 42.4 Å². The number of nitrogens with zero attached hydrogens (tertiary/aromatic N) is 1. The second kappa shape index (κ2) is 6.71. The highest BCUT2D eigenvalue weighted by Gasteiger charge is 2.27. The summed E-state index contributed by atoms with van der Waals surface area (Å²) in [7, 11) is 0. The largest absolute Gasteiger partial charge is 0.451 e. The van der Waals surface area contributed by atoms with Crippen molar-refractivity contribution in [1.82, 2.24) is 4.90 Å². The Labute approximate surface area is 126 Å². The zero-order valence-electron chi connectivity index (χ0n) is 11.8. The number of primary amides is 1. The summed E-state index contributed by atoms with van der Waals surface area (Å²) in [5, 5.41) is 0. The third kappa shape index (κ3) is 4.04. The predicted molar refractivity (Wildman–Crippen MR) is 77.8 cm³/mol. The summed E-state index contributed by atoms with van der Waals surface area (Å²) in [5.74, 6) is -1.48. The van der Waals surface area contributed by atoms with Crippen LogP contribution in [0.2, 0.25) is 0 Å². The molecule has 0 radical (unpaired) electrons. The number of aryl methyl sites for hydroxylation is 1. The third-order valence-corrected chi connectivity index (χ3v) is 4.43. The SMILES string of the molecule is Cc1ccc(C(=O)OCC(=O)N2CCC[C@H](C(N)=O)C2)s1. The Bertz CT molecular complexity index is 555. The van der Waals surface area contributed by atoms with Crippen molar-refractivity contribution in [2.24, 2.45) is 11.7 Å². The van der Waals surface area contributed by atoms with E-state index in [1.807, 2.05) is 13.0 Å². The number of nitrogens with two attached hydrogens (primary N) is 1. The highest BCUT2D eigenvalue weighted by atomic mass is 32.1. The Balaban J connectivity index is 1.84. The Morgan fingerprint density at radius 1 is 1.43 bits per heavy atom. The molecule has 0 bridgehead atoms. The lowest BCUT2D eigenvalue weighted by atomic mass is 9.97. The number of piperidine rings is 1. The van der Waals surface area contributed by atoms with Crippen molar-refractivity contribution in [2.45, 2.75) is 19.8 Å². The molecule has 1 aromatic heterocycles. The number of hydrogen-bond acceptors (Lipinski definition) is 5. The molecule has 0 aliphatic carbocycles. The van der Waals surface area contributed by atoms with Crippen LogP contribution in [0.5, 0.6) is 0 Å². The van der Waals surface area contributed by atoms with Crippen LogP contribution in [0.15, 0.2) is 12.1 Å². The van der Waals surface area contributed by atoms with Crippen LogP contribution < -0.4 is 5.73 Å². The normalized spacial score (nSPS) is 18.3. The second-order valence-corrected chi connectivity index (χ2v) is 6.36. The minimum Gasteiger partial charge on any atom is -0.451 e. The van der Waals surface area contributed by atoms with Crippen molar-refractivity contribution in [3.8, 4) is 0 Å². The maximum Gasteiger partial charge on any atom is 0.348 e. The molecule has 2 amide bonds. The Morgan fingerprint density at radius 3 is 2.81 bits per heavy atom. The highest BCUT2D eigenvalue weighted by molar-refractivity contribution is 7.13. The molecule has 0 unspecified atom stereocenters. The first kappa shape index (κ1) is 15.5. The van der Waals surface area contributed by atoms with E-state index < -0.39 is 11.9 Å². The van der Waals surface area contributed by atoms with Gasteiger partial charge in [0.15, 0.2) is 6.61 Å². The van der Waals surface area contributed by atoms with E-state index in [0.29, 0.717) is 24.4 Å². The summed E-state index contributed by atoms with van der Waals surface area (Å²) in [5.41, 5.74) is 5.27. The van der Waals surface area contributed by atoms with Gasteiger partial charge >= 0.3 is 5.97 Å². The second-order valence-electron chi connectivity index (χ2n) is 5.07. The van der Waals surface area contributed by atoms with E-state index in [1.165, 1.54) is 16.2 Å². The van der Waals surface area contributed by atoms with Crippen molar-refractivity contribution in [3.05, 3.63) is 21.9 Å². The van der Waals surface area contributed by atoms with Gasteiger partial charge in [-0.05, 0) is 31.9 Å². The van der Waals surface area contributed by atoms with E-state index in [0.717, 1.165) is 11.3 Å². The van der Waals surface area contributed by atoms with E-state index in [9.17, 15) is 14.4 Å². The van der Waals surface area contributed by atoms with Crippen LogP contribution in [0, 0.1) is 12.8 Å². The van der Waals surface area contributed by atoms with Crippen molar-refractivity contribution < 1.29 is 19.1 Å². The van der Waals surface area contributed by atoms with Gasteiger partial charge in [-0.2, -0.15) is 0 Å². The van der Waals surface area contributed by atoms with Crippen LogP contribution in [0.25, 0.3) is 0 Å². The van der Waals surface area contributed by atoms with Crippen molar-refractivity contribution in [1.29, 1.82) is 0 Å². The van der Waals surface area contributed by atoms with E-state index in [-0.39, 0.29) is 18.4 Å². The summed E-state index contributed by atoms with van der Waals surface area (Å²) >= 11 is 1.33. The first-order chi connectivity index (χ1) is 9.97. The molecule has 6 nitrogen and oxygen atoms in total. The number of carbonyl (C=O) groups is 3. The molecule has 2 rings (SSSR count). The number of amides is 2. The summed E-state index contributed by atoms with van der Waals surface area (Å²) in [6.07, 6.45) is 1.44. The van der Waals surface area contributed by atoms with Gasteiger partial charge in [0.1, 0.15) is 4.88 Å². The molecule has 1 saturated heterocycles. The maximum atomic E-state index is 12.0. The third-order valence-electron chi connectivity index (χ3n) is 3.44. The minimum absolute atomic E-state index is 0.289. The van der Waals surface area contributed by atoms with Crippen LogP contribution in [0.3, 0.4) is 0 Å². The lowest BCUT2D eigenvalue weighted by Gasteiger charge is -2.30. The smallest absolute Gasteiger partial charge is 0.348 e. The molecule has 0 aromatic carbocycles. The van der Waals surface area contributed by atoms with Crippen molar-refractivity contribution in [3.63, 3.8) is 0 Å². The summed E-state index contributed by atoms with van der Waals surface area (Å²) < 4.78 is 5.02. The average Bonchev–Trinajstić information content (AvgIpc) is 2.91. The number of rotatable bonds is 4. The first-order valence-electron chi connectivity index (χ1n) is 6.78. The van der Waals surface area contributed by atoms with Gasteiger partial charge in [0.25, 0.3) is 5.91 Å². The molecule has 21 heavy (non-hydrogen) atoms. The lowest BCUT2D eigenvalue weighted by molar-refractivity contribution is -0.137. The predicted octanol–water partition coefficient (Wildman–Crippen LogP) is 0.937. The molecule has 1 fully saturated rings. The molecule has 0 saturated carbocycles.